The van der Waals surface area contributed by atoms with E-state index < -0.39 is 25.1 Å². The largest absolute Gasteiger partial charge is 0.379 e. The first-order chi connectivity index (χ1) is 15.2. The van der Waals surface area contributed by atoms with Crippen molar-refractivity contribution in [3.05, 3.63) is 36.2 Å². The fourth-order valence-corrected chi connectivity index (χ4v) is 7.08. The molecule has 2 aliphatic heterocycles. The predicted molar refractivity (Wildman–Crippen MR) is 113 cm³/mol. The Morgan fingerprint density at radius 1 is 1.00 bits per heavy atom. The third-order valence-electron chi connectivity index (χ3n) is 5.80. The lowest BCUT2D eigenvalue weighted by atomic mass is 10.1. The number of nitrogens with zero attached hydrogens (tertiary/aromatic N) is 5. The number of carbonyl (C=O) groups excluding carboxylic acids is 1. The highest BCUT2D eigenvalue weighted by atomic mass is 32.2. The Morgan fingerprint density at radius 3 is 2.19 bits per heavy atom. The van der Waals surface area contributed by atoms with E-state index in [2.05, 4.69) is 10.2 Å². The van der Waals surface area contributed by atoms with E-state index in [1.54, 1.807) is 11.9 Å². The first-order valence-corrected chi connectivity index (χ1v) is 13.2. The minimum atomic E-state index is -3.63. The van der Waals surface area contributed by atoms with Crippen molar-refractivity contribution in [1.29, 1.82) is 0 Å². The summed E-state index contributed by atoms with van der Waals surface area (Å²) in [5.74, 6) is -0.255. The van der Waals surface area contributed by atoms with Crippen LogP contribution in [0, 0.1) is 0 Å². The zero-order chi connectivity index (χ0) is 22.9. The maximum absolute atomic E-state index is 12.9. The first kappa shape index (κ1) is 22.8. The van der Waals surface area contributed by atoms with Gasteiger partial charge >= 0.3 is 0 Å². The molecule has 2 aliphatic rings. The van der Waals surface area contributed by atoms with Crippen molar-refractivity contribution in [2.24, 2.45) is 7.05 Å². The maximum atomic E-state index is 12.9. The number of likely N-dealkylation sites (tertiary alicyclic amines) is 1. The van der Waals surface area contributed by atoms with E-state index in [-0.39, 0.29) is 29.0 Å². The summed E-state index contributed by atoms with van der Waals surface area (Å²) in [6.07, 6.45) is 1.93. The van der Waals surface area contributed by atoms with Crippen LogP contribution in [0.15, 0.2) is 40.6 Å². The molecule has 13 heteroatoms. The van der Waals surface area contributed by atoms with E-state index in [0.717, 1.165) is 0 Å². The summed E-state index contributed by atoms with van der Waals surface area (Å²) in [5, 5.41) is 6.65. The molecule has 0 saturated carbocycles. The number of hydrogen-bond donors (Lipinski definition) is 0. The Labute approximate surface area is 186 Å². The molecule has 11 nitrogen and oxygen atoms in total. The van der Waals surface area contributed by atoms with Crippen LogP contribution in [0.5, 0.6) is 0 Å². The highest BCUT2D eigenvalue weighted by Gasteiger charge is 2.35. The van der Waals surface area contributed by atoms with Crippen LogP contribution < -0.4 is 0 Å². The molecule has 4 rings (SSSR count). The highest BCUT2D eigenvalue weighted by Crippen LogP contribution is 2.24. The fourth-order valence-electron chi connectivity index (χ4n) is 3.94. The summed E-state index contributed by atoms with van der Waals surface area (Å²) >= 11 is 0. The average Bonchev–Trinajstić information content (AvgIpc) is 3.26. The van der Waals surface area contributed by atoms with Crippen LogP contribution >= 0.6 is 0 Å². The lowest BCUT2D eigenvalue weighted by Crippen LogP contribution is -2.43. The van der Waals surface area contributed by atoms with E-state index in [1.165, 1.54) is 39.5 Å². The molecular formula is C19H25N5O6S2. The van der Waals surface area contributed by atoms with E-state index in [1.807, 2.05) is 0 Å². The topological polar surface area (TPSA) is 132 Å². The molecule has 1 aromatic carbocycles. The third kappa shape index (κ3) is 4.29. The number of rotatable bonds is 5. The zero-order valence-electron chi connectivity index (χ0n) is 17.6. The lowest BCUT2D eigenvalue weighted by Gasteiger charge is -2.31. The SMILES string of the molecule is Cn1cnnc1S(=O)(=O)C1CCN(C(=O)c2ccc(S(=O)(=O)N3CCOCC3)cc2)CC1. The Balaban J connectivity index is 1.41. The molecule has 3 heterocycles. The number of carbonyl (C=O) groups is 1. The van der Waals surface area contributed by atoms with Crippen molar-refractivity contribution in [1.82, 2.24) is 24.0 Å². The van der Waals surface area contributed by atoms with Crippen LogP contribution in [0.25, 0.3) is 0 Å². The van der Waals surface area contributed by atoms with Crippen LogP contribution in [0.1, 0.15) is 23.2 Å². The minimum Gasteiger partial charge on any atom is -0.379 e. The van der Waals surface area contributed by atoms with E-state index >= 15 is 0 Å². The Kier molecular flexibility index (Phi) is 6.34. The smallest absolute Gasteiger partial charge is 0.253 e. The molecule has 174 valence electrons. The number of sulfonamides is 1. The summed E-state index contributed by atoms with van der Waals surface area (Å²) in [6, 6.07) is 5.86. The van der Waals surface area contributed by atoms with Gasteiger partial charge in [-0.15, -0.1) is 10.2 Å². The Bertz CT molecular complexity index is 1180. The monoisotopic (exact) mass is 483 g/mol. The van der Waals surface area contributed by atoms with Crippen molar-refractivity contribution in [2.75, 3.05) is 39.4 Å². The first-order valence-electron chi connectivity index (χ1n) is 10.3. The summed E-state index contributed by atoms with van der Waals surface area (Å²) in [5.41, 5.74) is 0.362. The maximum Gasteiger partial charge on any atom is 0.253 e. The molecule has 0 bridgehead atoms. The number of piperidine rings is 1. The van der Waals surface area contributed by atoms with Gasteiger partial charge in [-0.25, -0.2) is 16.8 Å². The summed E-state index contributed by atoms with van der Waals surface area (Å²) < 4.78 is 59.0. The van der Waals surface area contributed by atoms with E-state index in [9.17, 15) is 21.6 Å². The number of aromatic nitrogens is 3. The second-order valence-electron chi connectivity index (χ2n) is 7.80. The van der Waals surface area contributed by atoms with Gasteiger partial charge in [0.1, 0.15) is 6.33 Å². The second-order valence-corrected chi connectivity index (χ2v) is 11.9. The van der Waals surface area contributed by atoms with E-state index in [0.29, 0.717) is 44.7 Å². The molecule has 2 aromatic rings. The predicted octanol–water partition coefficient (Wildman–Crippen LogP) is -0.0855. The quantitative estimate of drug-likeness (QED) is 0.577. The molecule has 0 unspecified atom stereocenters. The Morgan fingerprint density at radius 2 is 1.62 bits per heavy atom. The summed E-state index contributed by atoms with van der Waals surface area (Å²) in [4.78, 5) is 14.6. The molecule has 32 heavy (non-hydrogen) atoms. The van der Waals surface area contributed by atoms with Gasteiger partial charge in [-0.1, -0.05) is 0 Å². The molecule has 1 aromatic heterocycles. The van der Waals surface area contributed by atoms with Gasteiger partial charge in [-0.05, 0) is 37.1 Å². The number of aryl methyl sites for hydroxylation is 1. The van der Waals surface area contributed by atoms with Crippen LogP contribution in [0.2, 0.25) is 0 Å². The molecule has 1 amide bonds. The second kappa shape index (κ2) is 8.89. The van der Waals surface area contributed by atoms with Gasteiger partial charge in [0.25, 0.3) is 5.91 Å². The number of hydrogen-bond acceptors (Lipinski definition) is 8. The number of amides is 1. The van der Waals surface area contributed by atoms with Gasteiger partial charge in [-0.2, -0.15) is 4.31 Å². The number of ether oxygens (including phenoxy) is 1. The summed E-state index contributed by atoms with van der Waals surface area (Å²) in [7, 11) is -5.68. The van der Waals surface area contributed by atoms with Crippen LogP contribution in [-0.4, -0.2) is 91.4 Å². The molecule has 0 aliphatic carbocycles. The van der Waals surface area contributed by atoms with Crippen molar-refractivity contribution < 1.29 is 26.4 Å². The molecule has 2 saturated heterocycles. The van der Waals surface area contributed by atoms with Gasteiger partial charge in [-0.3, -0.25) is 4.79 Å². The average molecular weight is 484 g/mol. The van der Waals surface area contributed by atoms with Crippen molar-refractivity contribution in [3.8, 4) is 0 Å². The minimum absolute atomic E-state index is 0.0701. The number of morpholine rings is 1. The van der Waals surface area contributed by atoms with Gasteiger partial charge < -0.3 is 14.2 Å². The van der Waals surface area contributed by atoms with E-state index in [4.69, 9.17) is 4.74 Å². The standard InChI is InChI=1S/C19H25N5O6S2/c1-22-14-20-21-19(22)31(26,27)16-6-8-23(9-7-16)18(25)15-2-4-17(5-3-15)32(28,29)24-10-12-30-13-11-24/h2-5,14,16H,6-13H2,1H3. The lowest BCUT2D eigenvalue weighted by molar-refractivity contribution is 0.0725. The zero-order valence-corrected chi connectivity index (χ0v) is 19.3. The molecule has 0 N–H and O–H groups in total. The normalized spacial score (nSPS) is 19.2. The highest BCUT2D eigenvalue weighted by molar-refractivity contribution is 7.91. The van der Waals surface area contributed by atoms with Crippen molar-refractivity contribution >= 4 is 25.8 Å². The van der Waals surface area contributed by atoms with Gasteiger partial charge in [0, 0.05) is 38.8 Å². The van der Waals surface area contributed by atoms with Crippen molar-refractivity contribution in [3.63, 3.8) is 0 Å². The van der Waals surface area contributed by atoms with Crippen molar-refractivity contribution in [2.45, 2.75) is 28.1 Å². The molecular weight excluding hydrogens is 458 g/mol. The Hall–Kier alpha value is -2.35. The van der Waals surface area contributed by atoms with Crippen LogP contribution in [-0.2, 0) is 31.6 Å². The molecule has 0 radical (unpaired) electrons. The number of sulfone groups is 1. The summed E-state index contributed by atoms with van der Waals surface area (Å²) in [6.45, 7) is 1.89. The third-order valence-corrected chi connectivity index (χ3v) is 9.94. The van der Waals surface area contributed by atoms with Crippen LogP contribution in [0.3, 0.4) is 0 Å². The van der Waals surface area contributed by atoms with Gasteiger partial charge in [0.15, 0.2) is 0 Å². The number of benzene rings is 1. The molecule has 0 atom stereocenters. The molecule has 2 fully saturated rings. The fraction of sp³-hybridized carbons (Fsp3) is 0.526. The molecule has 0 spiro atoms. The van der Waals surface area contributed by atoms with Crippen LogP contribution in [0.4, 0.5) is 0 Å². The van der Waals surface area contributed by atoms with Gasteiger partial charge in [0.2, 0.25) is 25.0 Å². The van der Waals surface area contributed by atoms with Gasteiger partial charge in [0.05, 0.1) is 23.4 Å².